The van der Waals surface area contributed by atoms with Crippen molar-refractivity contribution in [2.24, 2.45) is 0 Å². The van der Waals surface area contributed by atoms with Gasteiger partial charge in [0.15, 0.2) is 0 Å². The molecule has 0 aliphatic carbocycles. The number of benzene rings is 1. The Hall–Kier alpha value is -1.10. The quantitative estimate of drug-likeness (QED) is 0.792. The maximum absolute atomic E-state index is 5.91. The van der Waals surface area contributed by atoms with Crippen molar-refractivity contribution in [3.8, 4) is 0 Å². The SMILES string of the molecule is CCCNC(c1ccc(Br)c(C)c1)c1ccc(COC)o1. The van der Waals surface area contributed by atoms with Crippen molar-refractivity contribution in [1.82, 2.24) is 5.32 Å². The van der Waals surface area contributed by atoms with E-state index in [2.05, 4.69) is 53.3 Å². The molecule has 0 saturated carbocycles. The molecule has 1 unspecified atom stereocenters. The maximum atomic E-state index is 5.91. The molecule has 21 heavy (non-hydrogen) atoms. The molecule has 0 fully saturated rings. The van der Waals surface area contributed by atoms with Gasteiger partial charge in [0, 0.05) is 11.6 Å². The highest BCUT2D eigenvalue weighted by molar-refractivity contribution is 9.10. The summed E-state index contributed by atoms with van der Waals surface area (Å²) in [4.78, 5) is 0. The number of hydrogen-bond acceptors (Lipinski definition) is 3. The normalized spacial score (nSPS) is 12.6. The van der Waals surface area contributed by atoms with Crippen LogP contribution in [0.2, 0.25) is 0 Å². The summed E-state index contributed by atoms with van der Waals surface area (Å²) in [5.74, 6) is 1.78. The van der Waals surface area contributed by atoms with Crippen molar-refractivity contribution in [2.45, 2.75) is 32.9 Å². The topological polar surface area (TPSA) is 34.4 Å². The standard InChI is InChI=1S/C17H22BrNO2/c1-4-9-19-17(13-5-7-15(18)12(2)10-13)16-8-6-14(21-16)11-20-3/h5-8,10,17,19H,4,9,11H2,1-3H3. The summed E-state index contributed by atoms with van der Waals surface area (Å²) in [6.45, 7) is 5.71. The maximum Gasteiger partial charge on any atom is 0.129 e. The number of halogens is 1. The van der Waals surface area contributed by atoms with E-state index in [-0.39, 0.29) is 6.04 Å². The minimum atomic E-state index is 0.0716. The molecule has 1 aromatic heterocycles. The van der Waals surface area contributed by atoms with E-state index >= 15 is 0 Å². The van der Waals surface area contributed by atoms with Gasteiger partial charge in [-0.05, 0) is 49.2 Å². The lowest BCUT2D eigenvalue weighted by molar-refractivity contribution is 0.162. The Morgan fingerprint density at radius 2 is 2.10 bits per heavy atom. The number of nitrogens with one attached hydrogen (secondary N) is 1. The molecule has 114 valence electrons. The Labute approximate surface area is 134 Å². The van der Waals surface area contributed by atoms with Gasteiger partial charge in [0.25, 0.3) is 0 Å². The number of aryl methyl sites for hydroxylation is 1. The van der Waals surface area contributed by atoms with Crippen molar-refractivity contribution in [3.05, 3.63) is 57.5 Å². The van der Waals surface area contributed by atoms with Crippen LogP contribution < -0.4 is 5.32 Å². The highest BCUT2D eigenvalue weighted by Gasteiger charge is 2.18. The first kappa shape index (κ1) is 16.3. The molecule has 2 aromatic rings. The van der Waals surface area contributed by atoms with Gasteiger partial charge < -0.3 is 14.5 Å². The third-order valence-corrected chi connectivity index (χ3v) is 4.26. The summed E-state index contributed by atoms with van der Waals surface area (Å²) >= 11 is 3.55. The van der Waals surface area contributed by atoms with Crippen LogP contribution in [0.5, 0.6) is 0 Å². The molecule has 0 aliphatic rings. The summed E-state index contributed by atoms with van der Waals surface area (Å²) in [6, 6.07) is 10.5. The summed E-state index contributed by atoms with van der Waals surface area (Å²) < 4.78 is 12.2. The average molecular weight is 352 g/mol. The molecule has 0 radical (unpaired) electrons. The molecule has 0 amide bonds. The van der Waals surface area contributed by atoms with E-state index in [0.29, 0.717) is 6.61 Å². The molecule has 0 spiro atoms. The zero-order valence-corrected chi connectivity index (χ0v) is 14.4. The predicted molar refractivity (Wildman–Crippen MR) is 88.4 cm³/mol. The minimum absolute atomic E-state index is 0.0716. The molecule has 2 rings (SSSR count). The number of ether oxygens (including phenoxy) is 1. The second kappa shape index (κ2) is 7.78. The lowest BCUT2D eigenvalue weighted by atomic mass is 10.0. The lowest BCUT2D eigenvalue weighted by Gasteiger charge is -2.18. The van der Waals surface area contributed by atoms with E-state index in [1.807, 2.05) is 12.1 Å². The van der Waals surface area contributed by atoms with Gasteiger partial charge in [0.1, 0.15) is 18.1 Å². The summed E-state index contributed by atoms with van der Waals surface area (Å²) in [7, 11) is 1.67. The zero-order chi connectivity index (χ0) is 15.2. The Morgan fingerprint density at radius 3 is 2.76 bits per heavy atom. The van der Waals surface area contributed by atoms with Gasteiger partial charge in [-0.1, -0.05) is 35.0 Å². The van der Waals surface area contributed by atoms with Gasteiger partial charge in [0.05, 0.1) is 6.04 Å². The monoisotopic (exact) mass is 351 g/mol. The fourth-order valence-corrected chi connectivity index (χ4v) is 2.53. The Morgan fingerprint density at radius 1 is 1.29 bits per heavy atom. The van der Waals surface area contributed by atoms with E-state index in [4.69, 9.17) is 9.15 Å². The molecule has 1 heterocycles. The Balaban J connectivity index is 2.29. The van der Waals surface area contributed by atoms with Crippen LogP contribution in [0.4, 0.5) is 0 Å². The highest BCUT2D eigenvalue weighted by atomic mass is 79.9. The number of furan rings is 1. The van der Waals surface area contributed by atoms with Crippen molar-refractivity contribution in [2.75, 3.05) is 13.7 Å². The van der Waals surface area contributed by atoms with Crippen molar-refractivity contribution in [1.29, 1.82) is 0 Å². The summed E-state index contributed by atoms with van der Waals surface area (Å²) in [5, 5.41) is 3.55. The molecule has 1 atom stereocenters. The van der Waals surface area contributed by atoms with E-state index in [1.54, 1.807) is 7.11 Å². The van der Waals surface area contributed by atoms with Crippen LogP contribution >= 0.6 is 15.9 Å². The van der Waals surface area contributed by atoms with Gasteiger partial charge in [-0.25, -0.2) is 0 Å². The van der Waals surface area contributed by atoms with Gasteiger partial charge in [-0.3, -0.25) is 0 Å². The van der Waals surface area contributed by atoms with Crippen molar-refractivity contribution in [3.63, 3.8) is 0 Å². The van der Waals surface area contributed by atoms with Crippen LogP contribution in [0.1, 0.15) is 42.0 Å². The summed E-state index contributed by atoms with van der Waals surface area (Å²) in [6.07, 6.45) is 1.08. The molecule has 1 aromatic carbocycles. The molecular formula is C17H22BrNO2. The van der Waals surface area contributed by atoms with E-state index in [0.717, 1.165) is 29.0 Å². The predicted octanol–water partition coefficient (Wildman–Crippen LogP) is 4.59. The average Bonchev–Trinajstić information content (AvgIpc) is 2.92. The fraction of sp³-hybridized carbons (Fsp3) is 0.412. The first-order valence-electron chi connectivity index (χ1n) is 7.22. The van der Waals surface area contributed by atoms with Crippen LogP contribution in [-0.4, -0.2) is 13.7 Å². The molecule has 0 bridgehead atoms. The number of rotatable bonds is 7. The number of hydrogen-bond donors (Lipinski definition) is 1. The van der Waals surface area contributed by atoms with Crippen molar-refractivity contribution >= 4 is 15.9 Å². The molecule has 0 saturated heterocycles. The van der Waals surface area contributed by atoms with Gasteiger partial charge in [-0.15, -0.1) is 0 Å². The lowest BCUT2D eigenvalue weighted by Crippen LogP contribution is -2.22. The van der Waals surface area contributed by atoms with Crippen LogP contribution in [0, 0.1) is 6.92 Å². The zero-order valence-electron chi connectivity index (χ0n) is 12.8. The largest absolute Gasteiger partial charge is 0.462 e. The van der Waals surface area contributed by atoms with Crippen LogP contribution in [0.25, 0.3) is 0 Å². The fourth-order valence-electron chi connectivity index (χ4n) is 2.29. The molecule has 4 heteroatoms. The van der Waals surface area contributed by atoms with E-state index < -0.39 is 0 Å². The van der Waals surface area contributed by atoms with Crippen LogP contribution in [0.15, 0.2) is 39.2 Å². The Bertz CT molecular complexity index is 580. The highest BCUT2D eigenvalue weighted by Crippen LogP contribution is 2.27. The second-order valence-corrected chi connectivity index (χ2v) is 5.99. The smallest absolute Gasteiger partial charge is 0.129 e. The molecule has 1 N–H and O–H groups in total. The van der Waals surface area contributed by atoms with Gasteiger partial charge in [0.2, 0.25) is 0 Å². The van der Waals surface area contributed by atoms with E-state index in [1.165, 1.54) is 11.1 Å². The van der Waals surface area contributed by atoms with E-state index in [9.17, 15) is 0 Å². The minimum Gasteiger partial charge on any atom is -0.462 e. The Kier molecular flexibility index (Phi) is 6.03. The van der Waals surface area contributed by atoms with Crippen molar-refractivity contribution < 1.29 is 9.15 Å². The molecule has 3 nitrogen and oxygen atoms in total. The molecular weight excluding hydrogens is 330 g/mol. The third kappa shape index (κ3) is 4.19. The summed E-state index contributed by atoms with van der Waals surface area (Å²) in [5.41, 5.74) is 2.43. The van der Waals surface area contributed by atoms with Gasteiger partial charge in [-0.2, -0.15) is 0 Å². The van der Waals surface area contributed by atoms with Crippen LogP contribution in [-0.2, 0) is 11.3 Å². The second-order valence-electron chi connectivity index (χ2n) is 5.13. The number of methoxy groups -OCH3 is 1. The first-order chi connectivity index (χ1) is 10.2. The van der Waals surface area contributed by atoms with Gasteiger partial charge >= 0.3 is 0 Å². The first-order valence-corrected chi connectivity index (χ1v) is 8.02. The third-order valence-electron chi connectivity index (χ3n) is 3.37. The molecule has 0 aliphatic heterocycles. The van der Waals surface area contributed by atoms with Crippen LogP contribution in [0.3, 0.4) is 0 Å².